The third-order valence-corrected chi connectivity index (χ3v) is 1.65. The molecule has 0 aromatic heterocycles. The van der Waals surface area contributed by atoms with Crippen molar-refractivity contribution in [1.29, 1.82) is 0 Å². The fourth-order valence-electron chi connectivity index (χ4n) is 1.02. The van der Waals surface area contributed by atoms with Gasteiger partial charge in [0.2, 0.25) is 0 Å². The van der Waals surface area contributed by atoms with Gasteiger partial charge in [-0.3, -0.25) is 0 Å². The quantitative estimate of drug-likeness (QED) is 0.676. The molecule has 2 heterocycles. The van der Waals surface area contributed by atoms with E-state index in [2.05, 4.69) is 0 Å². The molecule has 2 nitrogen and oxygen atoms in total. The molecule has 0 saturated carbocycles. The summed E-state index contributed by atoms with van der Waals surface area (Å²) in [6.45, 7) is 4.00. The van der Waals surface area contributed by atoms with Gasteiger partial charge in [0.25, 0.3) is 0 Å². The molecule has 2 rings (SSSR count). The molecule has 0 bridgehead atoms. The van der Waals surface area contributed by atoms with E-state index in [4.69, 9.17) is 9.47 Å². The molecule has 2 aliphatic heterocycles. The van der Waals surface area contributed by atoms with Crippen LogP contribution in [-0.2, 0) is 9.47 Å². The van der Waals surface area contributed by atoms with E-state index >= 15 is 0 Å². The number of ether oxygens (including phenoxy) is 2. The van der Waals surface area contributed by atoms with E-state index in [1.807, 2.05) is 0 Å². The molecular weight excluding hydrogens is 280 g/mol. The van der Waals surface area contributed by atoms with Crippen molar-refractivity contribution in [1.82, 2.24) is 0 Å². The van der Waals surface area contributed by atoms with E-state index in [-0.39, 0.29) is 49.4 Å². The molecule has 2 fully saturated rings. The number of hydrogen-bond acceptors (Lipinski definition) is 2. The molecule has 2 saturated heterocycles. The zero-order valence-electron chi connectivity index (χ0n) is 6.85. The maximum Gasteiger partial charge on any atom is 2.00 e. The van der Waals surface area contributed by atoms with Gasteiger partial charge in [-0.2, -0.15) is 0 Å². The summed E-state index contributed by atoms with van der Waals surface area (Å²) >= 11 is 0. The predicted octanol–water partition coefficient (Wildman–Crippen LogP) is 1.59. The van der Waals surface area contributed by atoms with E-state index in [1.54, 1.807) is 0 Å². The predicted molar refractivity (Wildman–Crippen MR) is 40.1 cm³/mol. The van der Waals surface area contributed by atoms with Gasteiger partial charge in [-0.05, 0) is 25.7 Å². The summed E-state index contributed by atoms with van der Waals surface area (Å²) in [5.74, 6) is 0. The first-order valence-corrected chi connectivity index (χ1v) is 4.15. The summed E-state index contributed by atoms with van der Waals surface area (Å²) in [6.07, 6.45) is 5.11. The molecule has 0 aromatic carbocycles. The smallest absolute Gasteiger partial charge is 0.381 e. The van der Waals surface area contributed by atoms with Crippen LogP contribution in [0.3, 0.4) is 0 Å². The topological polar surface area (TPSA) is 18.5 Å². The van der Waals surface area contributed by atoms with Gasteiger partial charge in [0, 0.05) is 26.4 Å². The van der Waals surface area contributed by atoms with Crippen LogP contribution in [0.5, 0.6) is 0 Å². The first-order valence-electron chi connectivity index (χ1n) is 4.15. The summed E-state index contributed by atoms with van der Waals surface area (Å²) in [5.41, 5.74) is 0. The molecule has 0 atom stereocenters. The molecule has 2 aliphatic rings. The monoisotopic (exact) mass is 297 g/mol. The van der Waals surface area contributed by atoms with Gasteiger partial charge in [-0.25, -0.2) is 0 Å². The summed E-state index contributed by atoms with van der Waals surface area (Å²) in [5, 5.41) is 0. The zero-order chi connectivity index (χ0) is 7.07. The molecule has 0 N–H and O–H groups in total. The SMILES string of the molecule is C1CCOC1.C1CCOC1.[Eu+2]. The van der Waals surface area contributed by atoms with Gasteiger partial charge < -0.3 is 9.47 Å². The van der Waals surface area contributed by atoms with E-state index in [0.717, 1.165) is 26.4 Å². The first kappa shape index (κ1) is 12.5. The van der Waals surface area contributed by atoms with Gasteiger partial charge in [-0.15, -0.1) is 0 Å². The fourth-order valence-corrected chi connectivity index (χ4v) is 1.02. The van der Waals surface area contributed by atoms with Crippen molar-refractivity contribution in [3.8, 4) is 0 Å². The maximum atomic E-state index is 4.94. The minimum Gasteiger partial charge on any atom is -0.381 e. The Hall–Kier alpha value is 1.50. The molecule has 1 radical (unpaired) electrons. The minimum atomic E-state index is 0. The first-order chi connectivity index (χ1) is 5.00. The Morgan fingerprint density at radius 2 is 0.818 bits per heavy atom. The Bertz CT molecular complexity index is 45.3. The summed E-state index contributed by atoms with van der Waals surface area (Å²) in [4.78, 5) is 0. The molecular formula is C8H16EuO2+2. The van der Waals surface area contributed by atoms with Crippen LogP contribution in [0.15, 0.2) is 0 Å². The Kier molecular flexibility index (Phi) is 10.9. The van der Waals surface area contributed by atoms with Gasteiger partial charge in [0.1, 0.15) is 0 Å². The molecule has 3 heteroatoms. The van der Waals surface area contributed by atoms with Crippen molar-refractivity contribution in [2.75, 3.05) is 26.4 Å². The third-order valence-electron chi connectivity index (χ3n) is 1.65. The zero-order valence-corrected chi connectivity index (χ0v) is 9.28. The maximum absolute atomic E-state index is 4.94. The van der Waals surface area contributed by atoms with E-state index in [9.17, 15) is 0 Å². The Morgan fingerprint density at radius 3 is 0.909 bits per heavy atom. The van der Waals surface area contributed by atoms with E-state index in [1.165, 1.54) is 25.7 Å². The Labute approximate surface area is 110 Å². The second kappa shape index (κ2) is 9.59. The van der Waals surface area contributed by atoms with Crippen molar-refractivity contribution < 1.29 is 58.9 Å². The van der Waals surface area contributed by atoms with Gasteiger partial charge >= 0.3 is 49.4 Å². The van der Waals surface area contributed by atoms with Crippen LogP contribution in [0, 0.1) is 49.4 Å². The normalized spacial score (nSPS) is 21.8. The second-order valence-electron chi connectivity index (χ2n) is 2.64. The second-order valence-corrected chi connectivity index (χ2v) is 2.64. The molecule has 0 amide bonds. The molecule has 65 valence electrons. The summed E-state index contributed by atoms with van der Waals surface area (Å²) in [7, 11) is 0. The molecule has 0 aliphatic carbocycles. The van der Waals surface area contributed by atoms with Gasteiger partial charge in [0.15, 0.2) is 0 Å². The molecule has 0 unspecified atom stereocenters. The third kappa shape index (κ3) is 7.85. The molecule has 11 heavy (non-hydrogen) atoms. The van der Waals surface area contributed by atoms with Crippen LogP contribution in [0.4, 0.5) is 0 Å². The average molecular weight is 296 g/mol. The molecule has 0 spiro atoms. The van der Waals surface area contributed by atoms with Crippen LogP contribution in [-0.4, -0.2) is 26.4 Å². The van der Waals surface area contributed by atoms with Crippen molar-refractivity contribution in [2.45, 2.75) is 25.7 Å². The van der Waals surface area contributed by atoms with Crippen molar-refractivity contribution in [3.63, 3.8) is 0 Å². The van der Waals surface area contributed by atoms with Crippen molar-refractivity contribution >= 4 is 0 Å². The standard InChI is InChI=1S/2C4H8O.Eu/c2*1-2-4-5-3-1;/h2*1-4H2;/q;;+2. The van der Waals surface area contributed by atoms with Crippen LogP contribution < -0.4 is 0 Å². The summed E-state index contributed by atoms with van der Waals surface area (Å²) in [6, 6.07) is 0. The number of hydrogen-bond donors (Lipinski definition) is 0. The number of rotatable bonds is 0. The van der Waals surface area contributed by atoms with E-state index in [0.29, 0.717) is 0 Å². The minimum absolute atomic E-state index is 0. The van der Waals surface area contributed by atoms with Crippen molar-refractivity contribution in [3.05, 3.63) is 0 Å². The Balaban J connectivity index is 0.000000167. The van der Waals surface area contributed by atoms with Gasteiger partial charge in [-0.1, -0.05) is 0 Å². The van der Waals surface area contributed by atoms with Crippen molar-refractivity contribution in [2.24, 2.45) is 0 Å². The summed E-state index contributed by atoms with van der Waals surface area (Å²) < 4.78 is 9.89. The van der Waals surface area contributed by atoms with Crippen LogP contribution >= 0.6 is 0 Å². The largest absolute Gasteiger partial charge is 2.00 e. The fraction of sp³-hybridized carbons (Fsp3) is 1.00. The Morgan fingerprint density at radius 1 is 0.545 bits per heavy atom. The van der Waals surface area contributed by atoms with Crippen LogP contribution in [0.2, 0.25) is 0 Å². The van der Waals surface area contributed by atoms with E-state index < -0.39 is 0 Å². The van der Waals surface area contributed by atoms with Crippen LogP contribution in [0.25, 0.3) is 0 Å². The molecule has 0 aromatic rings. The van der Waals surface area contributed by atoms with Crippen LogP contribution in [0.1, 0.15) is 25.7 Å². The average Bonchev–Trinajstić information content (AvgIpc) is 2.67. The van der Waals surface area contributed by atoms with Gasteiger partial charge in [0.05, 0.1) is 0 Å².